The molecule has 0 bridgehead atoms. The van der Waals surface area contributed by atoms with Crippen LogP contribution >= 0.6 is 0 Å². The van der Waals surface area contributed by atoms with Gasteiger partial charge in [-0.05, 0) is 33.6 Å². The molecule has 4 heteroatoms. The molecule has 0 aliphatic carbocycles. The smallest absolute Gasteiger partial charge is 0.303 e. The van der Waals surface area contributed by atoms with E-state index in [-0.39, 0.29) is 17.9 Å². The Hall–Kier alpha value is -1.32. The molecule has 0 aromatic carbocycles. The Morgan fingerprint density at radius 1 is 1.24 bits per heavy atom. The zero-order valence-electron chi connectivity index (χ0n) is 11.0. The first kappa shape index (κ1) is 15.7. The lowest BCUT2D eigenvalue weighted by molar-refractivity contribution is -0.138. The molecule has 0 rings (SSSR count). The molecule has 0 aromatic heterocycles. The van der Waals surface area contributed by atoms with Crippen molar-refractivity contribution < 1.29 is 14.7 Å². The van der Waals surface area contributed by atoms with Crippen LogP contribution in [0.3, 0.4) is 0 Å². The number of carbonyl (C=O) groups excluding carboxylic acids is 1. The summed E-state index contributed by atoms with van der Waals surface area (Å²) < 4.78 is 0. The number of carboxylic acids is 1. The van der Waals surface area contributed by atoms with Gasteiger partial charge in [0, 0.05) is 24.9 Å². The molecule has 0 unspecified atom stereocenters. The second-order valence-electron chi connectivity index (χ2n) is 5.06. The summed E-state index contributed by atoms with van der Waals surface area (Å²) >= 11 is 0. The topological polar surface area (TPSA) is 57.6 Å². The standard InChI is InChI=1S/C13H23NO3/c1-5-10-14(13(2,3)4)11(15)8-6-7-9-12(16)17/h5H,1,6-10H2,2-4H3,(H,16,17). The number of unbranched alkanes of at least 4 members (excludes halogenated alkanes) is 1. The van der Waals surface area contributed by atoms with Gasteiger partial charge in [-0.15, -0.1) is 6.58 Å². The number of carbonyl (C=O) groups is 2. The zero-order chi connectivity index (χ0) is 13.5. The molecule has 1 N–H and O–H groups in total. The molecule has 4 nitrogen and oxygen atoms in total. The Morgan fingerprint density at radius 2 is 1.76 bits per heavy atom. The van der Waals surface area contributed by atoms with Gasteiger partial charge < -0.3 is 10.0 Å². The Bertz CT molecular complexity index is 279. The number of amides is 1. The molecule has 0 radical (unpaired) electrons. The summed E-state index contributed by atoms with van der Waals surface area (Å²) in [5.74, 6) is -0.751. The second kappa shape index (κ2) is 7.09. The normalized spacial score (nSPS) is 11.0. The van der Waals surface area contributed by atoms with Gasteiger partial charge in [0.05, 0.1) is 0 Å². The van der Waals surface area contributed by atoms with E-state index in [1.807, 2.05) is 20.8 Å². The lowest BCUT2D eigenvalue weighted by atomic mass is 10.0. The molecule has 0 aliphatic rings. The van der Waals surface area contributed by atoms with E-state index in [4.69, 9.17) is 5.11 Å². The van der Waals surface area contributed by atoms with Crippen molar-refractivity contribution in [3.8, 4) is 0 Å². The molecular formula is C13H23NO3. The van der Waals surface area contributed by atoms with E-state index >= 15 is 0 Å². The van der Waals surface area contributed by atoms with Crippen molar-refractivity contribution in [3.05, 3.63) is 12.7 Å². The number of hydrogen-bond acceptors (Lipinski definition) is 2. The van der Waals surface area contributed by atoms with Gasteiger partial charge in [0.15, 0.2) is 0 Å². The van der Waals surface area contributed by atoms with Crippen molar-refractivity contribution in [1.82, 2.24) is 4.90 Å². The maximum absolute atomic E-state index is 12.0. The molecule has 0 atom stereocenters. The molecular weight excluding hydrogens is 218 g/mol. The first-order chi connectivity index (χ1) is 7.79. The van der Waals surface area contributed by atoms with Crippen LogP contribution in [0.5, 0.6) is 0 Å². The SMILES string of the molecule is C=CCN(C(=O)CCCCC(=O)O)C(C)(C)C. The van der Waals surface area contributed by atoms with E-state index in [1.54, 1.807) is 11.0 Å². The molecule has 0 saturated carbocycles. The second-order valence-corrected chi connectivity index (χ2v) is 5.06. The monoisotopic (exact) mass is 241 g/mol. The Balaban J connectivity index is 4.16. The summed E-state index contributed by atoms with van der Waals surface area (Å²) in [6.45, 7) is 10.1. The highest BCUT2D eigenvalue weighted by Gasteiger charge is 2.24. The van der Waals surface area contributed by atoms with E-state index in [9.17, 15) is 9.59 Å². The summed E-state index contributed by atoms with van der Waals surface area (Å²) in [7, 11) is 0. The maximum Gasteiger partial charge on any atom is 0.303 e. The minimum Gasteiger partial charge on any atom is -0.481 e. The first-order valence-corrected chi connectivity index (χ1v) is 5.92. The summed E-state index contributed by atoms with van der Waals surface area (Å²) in [5, 5.41) is 8.49. The molecule has 0 saturated heterocycles. The molecule has 0 aliphatic heterocycles. The van der Waals surface area contributed by atoms with Gasteiger partial charge in [0.25, 0.3) is 0 Å². The van der Waals surface area contributed by atoms with Crippen molar-refractivity contribution in [2.24, 2.45) is 0 Å². The van der Waals surface area contributed by atoms with E-state index in [0.717, 1.165) is 0 Å². The van der Waals surface area contributed by atoms with Crippen LogP contribution in [-0.4, -0.2) is 34.0 Å². The third-order valence-electron chi connectivity index (χ3n) is 2.45. The molecule has 0 fully saturated rings. The van der Waals surface area contributed by atoms with Gasteiger partial charge in [0.1, 0.15) is 0 Å². The van der Waals surface area contributed by atoms with Gasteiger partial charge in [0.2, 0.25) is 5.91 Å². The van der Waals surface area contributed by atoms with Gasteiger partial charge in [-0.1, -0.05) is 6.08 Å². The van der Waals surface area contributed by atoms with Crippen molar-refractivity contribution in [2.75, 3.05) is 6.54 Å². The molecule has 1 amide bonds. The van der Waals surface area contributed by atoms with Crippen LogP contribution in [0.1, 0.15) is 46.5 Å². The lowest BCUT2D eigenvalue weighted by Gasteiger charge is -2.35. The van der Waals surface area contributed by atoms with Crippen LogP contribution in [0, 0.1) is 0 Å². The summed E-state index contributed by atoms with van der Waals surface area (Å²) in [6.07, 6.45) is 3.41. The van der Waals surface area contributed by atoms with Gasteiger partial charge in [-0.3, -0.25) is 9.59 Å². The fourth-order valence-electron chi connectivity index (χ4n) is 1.57. The quantitative estimate of drug-likeness (QED) is 0.550. The first-order valence-electron chi connectivity index (χ1n) is 5.92. The van der Waals surface area contributed by atoms with Gasteiger partial charge >= 0.3 is 5.97 Å². The lowest BCUT2D eigenvalue weighted by Crippen LogP contribution is -2.45. The number of carboxylic acid groups (broad SMARTS) is 1. The minimum atomic E-state index is -0.809. The Kier molecular flexibility index (Phi) is 6.54. The fraction of sp³-hybridized carbons (Fsp3) is 0.692. The van der Waals surface area contributed by atoms with Crippen LogP contribution in [0.2, 0.25) is 0 Å². The van der Waals surface area contributed by atoms with Crippen molar-refractivity contribution in [2.45, 2.75) is 52.0 Å². The predicted molar refractivity (Wildman–Crippen MR) is 67.8 cm³/mol. The highest BCUT2D eigenvalue weighted by Crippen LogP contribution is 2.15. The van der Waals surface area contributed by atoms with Crippen LogP contribution in [0.15, 0.2) is 12.7 Å². The summed E-state index contributed by atoms with van der Waals surface area (Å²) in [6, 6.07) is 0. The average molecular weight is 241 g/mol. The predicted octanol–water partition coefficient (Wildman–Crippen LogP) is 2.44. The van der Waals surface area contributed by atoms with Crippen molar-refractivity contribution in [1.29, 1.82) is 0 Å². The minimum absolute atomic E-state index is 0.0581. The summed E-state index contributed by atoms with van der Waals surface area (Å²) in [5.41, 5.74) is -0.224. The van der Waals surface area contributed by atoms with Gasteiger partial charge in [-0.2, -0.15) is 0 Å². The number of rotatable bonds is 7. The molecule has 17 heavy (non-hydrogen) atoms. The van der Waals surface area contributed by atoms with Crippen molar-refractivity contribution in [3.63, 3.8) is 0 Å². The molecule has 98 valence electrons. The number of hydrogen-bond donors (Lipinski definition) is 1. The third kappa shape index (κ3) is 6.76. The van der Waals surface area contributed by atoms with Crippen LogP contribution in [-0.2, 0) is 9.59 Å². The number of nitrogens with zero attached hydrogens (tertiary/aromatic N) is 1. The molecule has 0 heterocycles. The highest BCUT2D eigenvalue weighted by atomic mass is 16.4. The Labute approximate surface area is 103 Å². The summed E-state index contributed by atoms with van der Waals surface area (Å²) in [4.78, 5) is 24.1. The maximum atomic E-state index is 12.0. The fourth-order valence-corrected chi connectivity index (χ4v) is 1.57. The van der Waals surface area contributed by atoms with Gasteiger partial charge in [-0.25, -0.2) is 0 Å². The van der Waals surface area contributed by atoms with E-state index in [0.29, 0.717) is 25.8 Å². The van der Waals surface area contributed by atoms with E-state index in [2.05, 4.69) is 6.58 Å². The largest absolute Gasteiger partial charge is 0.481 e. The van der Waals surface area contributed by atoms with E-state index < -0.39 is 5.97 Å². The number of aliphatic carboxylic acids is 1. The van der Waals surface area contributed by atoms with Crippen LogP contribution < -0.4 is 0 Å². The molecule has 0 spiro atoms. The van der Waals surface area contributed by atoms with Crippen LogP contribution in [0.25, 0.3) is 0 Å². The van der Waals surface area contributed by atoms with E-state index in [1.165, 1.54) is 0 Å². The third-order valence-corrected chi connectivity index (χ3v) is 2.45. The van der Waals surface area contributed by atoms with Crippen molar-refractivity contribution >= 4 is 11.9 Å². The molecule has 0 aromatic rings. The highest BCUT2D eigenvalue weighted by molar-refractivity contribution is 5.77. The van der Waals surface area contributed by atoms with Crippen LogP contribution in [0.4, 0.5) is 0 Å². The average Bonchev–Trinajstić information content (AvgIpc) is 2.18. The Morgan fingerprint density at radius 3 is 2.18 bits per heavy atom. The zero-order valence-corrected chi connectivity index (χ0v) is 11.0.